The number of nitrogens with zero attached hydrogens (tertiary/aromatic N) is 2. The number of carbonyl (C=O) groups excluding carboxylic acids is 2. The molecule has 6 nitrogen and oxygen atoms in total. The third-order valence-corrected chi connectivity index (χ3v) is 3.02. The van der Waals surface area contributed by atoms with Crippen molar-refractivity contribution in [2.45, 2.75) is 13.0 Å². The van der Waals surface area contributed by atoms with E-state index in [4.69, 9.17) is 0 Å². The van der Waals surface area contributed by atoms with Crippen LogP contribution in [0.15, 0.2) is 24.4 Å². The summed E-state index contributed by atoms with van der Waals surface area (Å²) in [6.07, 6.45) is 1.55. The first-order chi connectivity index (χ1) is 9.16. The quantitative estimate of drug-likeness (QED) is 0.842. The summed E-state index contributed by atoms with van der Waals surface area (Å²) in [7, 11) is 0. The Labute approximate surface area is 136 Å². The highest BCUT2D eigenvalue weighted by molar-refractivity contribution is 5.94. The first kappa shape index (κ1) is 19.6. The molecule has 1 atom stereocenters. The average Bonchev–Trinajstić information content (AvgIpc) is 2.45. The fourth-order valence-electron chi connectivity index (χ4n) is 2.01. The molecule has 118 valence electrons. The highest BCUT2D eigenvalue weighted by Crippen LogP contribution is 1.99. The lowest BCUT2D eigenvalue weighted by molar-refractivity contribution is -0.131. The van der Waals surface area contributed by atoms with Crippen LogP contribution in [0.1, 0.15) is 17.4 Å². The number of piperazine rings is 1. The molecule has 1 fully saturated rings. The molecule has 0 aromatic carbocycles. The van der Waals surface area contributed by atoms with Gasteiger partial charge in [-0.05, 0) is 19.1 Å². The Bertz CT molecular complexity index is 459. The first-order valence-corrected chi connectivity index (χ1v) is 6.37. The minimum absolute atomic E-state index is 0. The summed E-state index contributed by atoms with van der Waals surface area (Å²) in [5.41, 5.74) is 0.323. The van der Waals surface area contributed by atoms with Gasteiger partial charge in [-0.1, -0.05) is 6.07 Å². The maximum absolute atomic E-state index is 11.9. The molecule has 21 heavy (non-hydrogen) atoms. The van der Waals surface area contributed by atoms with E-state index in [0.717, 1.165) is 6.54 Å². The van der Waals surface area contributed by atoms with Crippen molar-refractivity contribution in [3.63, 3.8) is 0 Å². The van der Waals surface area contributed by atoms with Gasteiger partial charge in [0, 0.05) is 31.9 Å². The van der Waals surface area contributed by atoms with Crippen molar-refractivity contribution < 1.29 is 9.59 Å². The molecule has 0 radical (unpaired) electrons. The number of amides is 2. The topological polar surface area (TPSA) is 74.3 Å². The van der Waals surface area contributed by atoms with Crippen LogP contribution in [0, 0.1) is 0 Å². The van der Waals surface area contributed by atoms with Gasteiger partial charge < -0.3 is 15.5 Å². The molecule has 0 bridgehead atoms. The fraction of sp³-hybridized carbons (Fsp3) is 0.462. The second-order valence-corrected chi connectivity index (χ2v) is 4.59. The Morgan fingerprint density at radius 1 is 1.43 bits per heavy atom. The zero-order valence-corrected chi connectivity index (χ0v) is 13.4. The van der Waals surface area contributed by atoms with Crippen molar-refractivity contribution in [3.05, 3.63) is 30.1 Å². The van der Waals surface area contributed by atoms with Crippen LogP contribution in [0.25, 0.3) is 0 Å². The zero-order valence-electron chi connectivity index (χ0n) is 11.7. The third-order valence-electron chi connectivity index (χ3n) is 3.02. The Morgan fingerprint density at radius 3 is 2.81 bits per heavy atom. The number of aromatic nitrogens is 1. The van der Waals surface area contributed by atoms with Crippen LogP contribution in [0.2, 0.25) is 0 Å². The largest absolute Gasteiger partial charge is 0.342 e. The van der Waals surface area contributed by atoms with E-state index in [9.17, 15) is 9.59 Å². The molecule has 1 aliphatic rings. The average molecular weight is 335 g/mol. The van der Waals surface area contributed by atoms with Gasteiger partial charge in [0.1, 0.15) is 5.69 Å². The SMILES string of the molecule is CC1CN(C(=O)CNC(=O)c2ccccn2)CCN1.Cl.Cl. The molecule has 1 saturated heterocycles. The van der Waals surface area contributed by atoms with Gasteiger partial charge >= 0.3 is 0 Å². The van der Waals surface area contributed by atoms with E-state index < -0.39 is 0 Å². The second-order valence-electron chi connectivity index (χ2n) is 4.59. The normalized spacial score (nSPS) is 17.2. The maximum atomic E-state index is 11.9. The highest BCUT2D eigenvalue weighted by atomic mass is 35.5. The molecule has 0 spiro atoms. The van der Waals surface area contributed by atoms with Crippen molar-refractivity contribution in [1.82, 2.24) is 20.5 Å². The van der Waals surface area contributed by atoms with Gasteiger partial charge in [-0.25, -0.2) is 0 Å². The van der Waals surface area contributed by atoms with Crippen molar-refractivity contribution >= 4 is 36.6 Å². The molecule has 2 heterocycles. The fourth-order valence-corrected chi connectivity index (χ4v) is 2.01. The van der Waals surface area contributed by atoms with E-state index in [2.05, 4.69) is 15.6 Å². The maximum Gasteiger partial charge on any atom is 0.270 e. The molecule has 2 rings (SSSR count). The Hall–Kier alpha value is -1.37. The summed E-state index contributed by atoms with van der Waals surface area (Å²) in [4.78, 5) is 29.4. The van der Waals surface area contributed by atoms with Crippen molar-refractivity contribution in [2.24, 2.45) is 0 Å². The Kier molecular flexibility index (Phi) is 8.92. The zero-order chi connectivity index (χ0) is 13.7. The number of nitrogens with one attached hydrogen (secondary N) is 2. The molecule has 1 unspecified atom stereocenters. The molecule has 1 aromatic rings. The summed E-state index contributed by atoms with van der Waals surface area (Å²) in [5.74, 6) is -0.380. The van der Waals surface area contributed by atoms with Gasteiger partial charge in [0.25, 0.3) is 5.91 Å². The number of carbonyl (C=O) groups is 2. The molecule has 1 aliphatic heterocycles. The summed E-state index contributed by atoms with van der Waals surface area (Å²) in [5, 5.41) is 5.86. The van der Waals surface area contributed by atoms with E-state index >= 15 is 0 Å². The monoisotopic (exact) mass is 334 g/mol. The lowest BCUT2D eigenvalue weighted by Crippen LogP contribution is -2.53. The lowest BCUT2D eigenvalue weighted by Gasteiger charge is -2.31. The number of halogens is 2. The smallest absolute Gasteiger partial charge is 0.270 e. The molecule has 2 amide bonds. The molecule has 0 saturated carbocycles. The number of hydrogen-bond donors (Lipinski definition) is 2. The van der Waals surface area contributed by atoms with Gasteiger partial charge in [-0.3, -0.25) is 14.6 Å². The van der Waals surface area contributed by atoms with Gasteiger partial charge in [-0.15, -0.1) is 24.8 Å². The Morgan fingerprint density at radius 2 is 2.19 bits per heavy atom. The lowest BCUT2D eigenvalue weighted by atomic mass is 10.2. The standard InChI is InChI=1S/C13H18N4O2.2ClH/c1-10-9-17(7-6-14-10)12(18)8-16-13(19)11-4-2-3-5-15-11;;/h2-5,10,14H,6-9H2,1H3,(H,16,19);2*1H. The van der Waals surface area contributed by atoms with Crippen LogP contribution in [0.5, 0.6) is 0 Å². The number of pyridine rings is 1. The molecular formula is C13H20Cl2N4O2. The van der Waals surface area contributed by atoms with E-state index in [1.165, 1.54) is 0 Å². The van der Waals surface area contributed by atoms with Crippen LogP contribution >= 0.6 is 24.8 Å². The van der Waals surface area contributed by atoms with Crippen LogP contribution in [-0.2, 0) is 4.79 Å². The number of hydrogen-bond acceptors (Lipinski definition) is 4. The minimum Gasteiger partial charge on any atom is -0.342 e. The van der Waals surface area contributed by atoms with Crippen LogP contribution in [-0.4, -0.2) is 53.9 Å². The predicted octanol–water partition coefficient (Wildman–Crippen LogP) is 0.475. The van der Waals surface area contributed by atoms with Crippen molar-refractivity contribution in [2.75, 3.05) is 26.2 Å². The van der Waals surface area contributed by atoms with Crippen LogP contribution in [0.3, 0.4) is 0 Å². The van der Waals surface area contributed by atoms with Crippen molar-refractivity contribution in [3.8, 4) is 0 Å². The van der Waals surface area contributed by atoms with Gasteiger partial charge in [0.15, 0.2) is 0 Å². The second kappa shape index (κ2) is 9.55. The van der Waals surface area contributed by atoms with E-state index in [-0.39, 0.29) is 43.2 Å². The van der Waals surface area contributed by atoms with Gasteiger partial charge in [-0.2, -0.15) is 0 Å². The molecule has 2 N–H and O–H groups in total. The summed E-state index contributed by atoms with van der Waals surface area (Å²) in [6, 6.07) is 5.39. The molecule has 1 aromatic heterocycles. The molecule has 8 heteroatoms. The predicted molar refractivity (Wildman–Crippen MR) is 85.1 cm³/mol. The van der Waals surface area contributed by atoms with Gasteiger partial charge in [0.05, 0.1) is 6.54 Å². The molecular weight excluding hydrogens is 315 g/mol. The van der Waals surface area contributed by atoms with E-state index in [1.807, 2.05) is 6.92 Å². The summed E-state index contributed by atoms with van der Waals surface area (Å²) < 4.78 is 0. The number of rotatable bonds is 3. The first-order valence-electron chi connectivity index (χ1n) is 6.37. The van der Waals surface area contributed by atoms with Crippen molar-refractivity contribution in [1.29, 1.82) is 0 Å². The van der Waals surface area contributed by atoms with Crippen LogP contribution < -0.4 is 10.6 Å². The summed E-state index contributed by atoms with van der Waals surface area (Å²) >= 11 is 0. The summed E-state index contributed by atoms with van der Waals surface area (Å²) in [6.45, 7) is 4.20. The van der Waals surface area contributed by atoms with E-state index in [1.54, 1.807) is 29.3 Å². The van der Waals surface area contributed by atoms with E-state index in [0.29, 0.717) is 24.8 Å². The highest BCUT2D eigenvalue weighted by Gasteiger charge is 2.20. The van der Waals surface area contributed by atoms with Gasteiger partial charge in [0.2, 0.25) is 5.91 Å². The van der Waals surface area contributed by atoms with Crippen LogP contribution in [0.4, 0.5) is 0 Å². The molecule has 0 aliphatic carbocycles. The Balaban J connectivity index is 0.00000200. The minimum atomic E-state index is -0.322. The third kappa shape index (κ3) is 5.87.